The second-order valence-electron chi connectivity index (χ2n) is 4.56. The summed E-state index contributed by atoms with van der Waals surface area (Å²) in [6.45, 7) is 6.59. The third kappa shape index (κ3) is 3.82. The summed E-state index contributed by atoms with van der Waals surface area (Å²) in [5.74, 6) is 1.32. The highest BCUT2D eigenvalue weighted by Crippen LogP contribution is 2.16. The number of nitrogens with zero attached hydrogens (tertiary/aromatic N) is 2. The lowest BCUT2D eigenvalue weighted by molar-refractivity contribution is 0.463. The van der Waals surface area contributed by atoms with Crippen LogP contribution in [0, 0.1) is 5.92 Å². The molecule has 2 nitrogen and oxygen atoms in total. The Kier molecular flexibility index (Phi) is 5.89. The summed E-state index contributed by atoms with van der Waals surface area (Å²) < 4.78 is 2.06. The molecule has 16 heavy (non-hydrogen) atoms. The molecule has 92 valence electrons. The average Bonchev–Trinajstić information content (AvgIpc) is 2.76. The number of halogens is 1. The summed E-state index contributed by atoms with van der Waals surface area (Å²) in [7, 11) is 0. The summed E-state index contributed by atoms with van der Waals surface area (Å²) in [6, 6.07) is 2.62. The van der Waals surface area contributed by atoms with Crippen LogP contribution < -0.4 is 0 Å². The highest BCUT2D eigenvalue weighted by atomic mass is 35.5. The third-order valence-electron chi connectivity index (χ3n) is 3.12. The van der Waals surface area contributed by atoms with Crippen LogP contribution in [0.4, 0.5) is 0 Å². The average molecular weight is 243 g/mol. The third-order valence-corrected chi connectivity index (χ3v) is 3.56. The smallest absolute Gasteiger partial charge is 0.0627 e. The molecule has 0 aliphatic rings. The molecule has 1 aromatic rings. The SMILES string of the molecule is CCCC(CCl)Cc1ccn(C(C)CC)n1. The van der Waals surface area contributed by atoms with E-state index in [4.69, 9.17) is 11.6 Å². The number of hydrogen-bond donors (Lipinski definition) is 0. The minimum Gasteiger partial charge on any atom is -0.270 e. The monoisotopic (exact) mass is 242 g/mol. The predicted molar refractivity (Wildman–Crippen MR) is 70.1 cm³/mol. The van der Waals surface area contributed by atoms with Gasteiger partial charge in [-0.2, -0.15) is 5.10 Å². The van der Waals surface area contributed by atoms with Crippen molar-refractivity contribution >= 4 is 11.6 Å². The Hall–Kier alpha value is -0.500. The first-order valence-corrected chi connectivity index (χ1v) is 6.84. The maximum Gasteiger partial charge on any atom is 0.0627 e. The summed E-state index contributed by atoms with van der Waals surface area (Å²) in [6.07, 6.45) is 6.61. The van der Waals surface area contributed by atoms with Crippen molar-refractivity contribution < 1.29 is 0 Å². The second kappa shape index (κ2) is 6.95. The zero-order valence-electron chi connectivity index (χ0n) is 10.6. The van der Waals surface area contributed by atoms with Gasteiger partial charge >= 0.3 is 0 Å². The van der Waals surface area contributed by atoms with Gasteiger partial charge in [-0.1, -0.05) is 20.3 Å². The summed E-state index contributed by atoms with van der Waals surface area (Å²) >= 11 is 5.96. The number of aromatic nitrogens is 2. The van der Waals surface area contributed by atoms with Crippen molar-refractivity contribution in [2.75, 3.05) is 5.88 Å². The van der Waals surface area contributed by atoms with Crippen molar-refractivity contribution in [2.45, 2.75) is 52.5 Å². The fraction of sp³-hybridized carbons (Fsp3) is 0.769. The van der Waals surface area contributed by atoms with Gasteiger partial charge in [-0.25, -0.2) is 0 Å². The molecule has 0 saturated heterocycles. The standard InChI is InChI=1S/C13H23ClN2/c1-4-6-12(10-14)9-13-7-8-16(15-13)11(3)5-2/h7-8,11-12H,4-6,9-10H2,1-3H3. The Morgan fingerprint density at radius 3 is 2.75 bits per heavy atom. The van der Waals surface area contributed by atoms with Crippen LogP contribution >= 0.6 is 11.6 Å². The van der Waals surface area contributed by atoms with Gasteiger partial charge in [-0.05, 0) is 38.2 Å². The van der Waals surface area contributed by atoms with Crippen LogP contribution in [0.3, 0.4) is 0 Å². The van der Waals surface area contributed by atoms with Gasteiger partial charge in [0.25, 0.3) is 0 Å². The molecule has 2 atom stereocenters. The molecule has 2 unspecified atom stereocenters. The summed E-state index contributed by atoms with van der Waals surface area (Å²) in [4.78, 5) is 0. The van der Waals surface area contributed by atoms with Gasteiger partial charge in [0, 0.05) is 18.1 Å². The van der Waals surface area contributed by atoms with Gasteiger partial charge in [0.15, 0.2) is 0 Å². The van der Waals surface area contributed by atoms with Crippen LogP contribution in [0.25, 0.3) is 0 Å². The summed E-state index contributed by atoms with van der Waals surface area (Å²) in [5, 5.41) is 4.61. The minimum atomic E-state index is 0.495. The van der Waals surface area contributed by atoms with Crippen molar-refractivity contribution in [3.63, 3.8) is 0 Å². The van der Waals surface area contributed by atoms with E-state index in [0.29, 0.717) is 12.0 Å². The van der Waals surface area contributed by atoms with E-state index in [2.05, 4.69) is 42.8 Å². The van der Waals surface area contributed by atoms with E-state index in [9.17, 15) is 0 Å². The molecule has 0 radical (unpaired) electrons. The first kappa shape index (κ1) is 13.6. The Morgan fingerprint density at radius 2 is 2.19 bits per heavy atom. The van der Waals surface area contributed by atoms with Crippen molar-refractivity contribution in [3.05, 3.63) is 18.0 Å². The molecule has 3 heteroatoms. The first-order chi connectivity index (χ1) is 7.71. The maximum atomic E-state index is 5.96. The molecule has 0 spiro atoms. The van der Waals surface area contributed by atoms with Gasteiger partial charge in [0.05, 0.1) is 5.69 Å². The fourth-order valence-corrected chi connectivity index (χ4v) is 2.12. The molecule has 1 heterocycles. The van der Waals surface area contributed by atoms with Crippen LogP contribution in [0.15, 0.2) is 12.3 Å². The number of alkyl halides is 1. The highest BCUT2D eigenvalue weighted by Gasteiger charge is 2.10. The van der Waals surface area contributed by atoms with E-state index in [1.807, 2.05) is 0 Å². The van der Waals surface area contributed by atoms with Crippen molar-refractivity contribution in [1.29, 1.82) is 0 Å². The topological polar surface area (TPSA) is 17.8 Å². The van der Waals surface area contributed by atoms with E-state index in [0.717, 1.165) is 18.7 Å². The lowest BCUT2D eigenvalue weighted by atomic mass is 10.0. The van der Waals surface area contributed by atoms with Crippen molar-refractivity contribution in [2.24, 2.45) is 5.92 Å². The van der Waals surface area contributed by atoms with Crippen LogP contribution in [0.2, 0.25) is 0 Å². The van der Waals surface area contributed by atoms with E-state index in [-0.39, 0.29) is 0 Å². The molecule has 0 aromatic carbocycles. The molecular weight excluding hydrogens is 220 g/mol. The Labute approximate surface area is 104 Å². The molecular formula is C13H23ClN2. The van der Waals surface area contributed by atoms with Crippen molar-refractivity contribution in [1.82, 2.24) is 9.78 Å². The molecule has 0 saturated carbocycles. The number of hydrogen-bond acceptors (Lipinski definition) is 1. The van der Waals surface area contributed by atoms with E-state index < -0.39 is 0 Å². The first-order valence-electron chi connectivity index (χ1n) is 6.31. The molecule has 0 fully saturated rings. The zero-order chi connectivity index (χ0) is 12.0. The zero-order valence-corrected chi connectivity index (χ0v) is 11.4. The van der Waals surface area contributed by atoms with Gasteiger partial charge in [-0.3, -0.25) is 4.68 Å². The van der Waals surface area contributed by atoms with Crippen LogP contribution in [0.5, 0.6) is 0 Å². The fourth-order valence-electron chi connectivity index (χ4n) is 1.86. The van der Waals surface area contributed by atoms with E-state index in [1.165, 1.54) is 18.5 Å². The summed E-state index contributed by atoms with van der Waals surface area (Å²) in [5.41, 5.74) is 1.18. The number of rotatable bonds is 7. The molecule has 0 bridgehead atoms. The normalized spacial score (nSPS) is 15.0. The second-order valence-corrected chi connectivity index (χ2v) is 4.87. The molecule has 0 aliphatic carbocycles. The molecule has 1 rings (SSSR count). The lowest BCUT2D eigenvalue weighted by Gasteiger charge is -2.11. The van der Waals surface area contributed by atoms with Gasteiger partial charge in [0.2, 0.25) is 0 Å². The molecule has 1 aromatic heterocycles. The van der Waals surface area contributed by atoms with Gasteiger partial charge in [-0.15, -0.1) is 11.6 Å². The Balaban J connectivity index is 2.56. The van der Waals surface area contributed by atoms with E-state index >= 15 is 0 Å². The van der Waals surface area contributed by atoms with Gasteiger partial charge in [0.1, 0.15) is 0 Å². The predicted octanol–water partition coefficient (Wildman–Crippen LogP) is 4.05. The Bertz CT molecular complexity index is 296. The molecule has 0 N–H and O–H groups in total. The molecule has 0 amide bonds. The Morgan fingerprint density at radius 1 is 1.44 bits per heavy atom. The minimum absolute atomic E-state index is 0.495. The van der Waals surface area contributed by atoms with Crippen molar-refractivity contribution in [3.8, 4) is 0 Å². The van der Waals surface area contributed by atoms with Crippen LogP contribution in [0.1, 0.15) is 51.8 Å². The quantitative estimate of drug-likeness (QED) is 0.660. The van der Waals surface area contributed by atoms with Crippen LogP contribution in [-0.2, 0) is 6.42 Å². The van der Waals surface area contributed by atoms with E-state index in [1.54, 1.807) is 0 Å². The largest absolute Gasteiger partial charge is 0.270 e. The maximum absolute atomic E-state index is 5.96. The van der Waals surface area contributed by atoms with Crippen LogP contribution in [-0.4, -0.2) is 15.7 Å². The molecule has 0 aliphatic heterocycles. The van der Waals surface area contributed by atoms with Gasteiger partial charge < -0.3 is 0 Å². The lowest BCUT2D eigenvalue weighted by Crippen LogP contribution is -2.09. The highest BCUT2D eigenvalue weighted by molar-refractivity contribution is 6.18.